The number of rotatable bonds is 8. The fourth-order valence-electron chi connectivity index (χ4n) is 4.99. The lowest BCUT2D eigenvalue weighted by Gasteiger charge is -2.29. The highest BCUT2D eigenvalue weighted by Gasteiger charge is 2.28. The topological polar surface area (TPSA) is 61.1 Å². The lowest BCUT2D eigenvalue weighted by atomic mass is 10.0. The zero-order chi connectivity index (χ0) is 23.5. The number of methoxy groups -OCH3 is 1. The minimum absolute atomic E-state index is 0.338. The molecule has 6 heteroatoms. The Balaban J connectivity index is 1.37. The van der Waals surface area contributed by atoms with E-state index in [0.717, 1.165) is 48.5 Å². The summed E-state index contributed by atoms with van der Waals surface area (Å²) in [4.78, 5) is 20.8. The molecule has 2 aromatic carbocycles. The van der Waals surface area contributed by atoms with Gasteiger partial charge in [-0.15, -0.1) is 0 Å². The molecule has 34 heavy (non-hydrogen) atoms. The highest BCUT2D eigenvalue weighted by atomic mass is 35.5. The number of aryl methyl sites for hydroxylation is 1. The Kier molecular flexibility index (Phi) is 6.57. The first-order valence-electron chi connectivity index (χ1n) is 11.6. The first kappa shape index (κ1) is 22.5. The number of aromatic amines is 2. The second-order valence-corrected chi connectivity index (χ2v) is 9.23. The van der Waals surface area contributed by atoms with Crippen LogP contribution in [0.3, 0.4) is 0 Å². The van der Waals surface area contributed by atoms with Crippen molar-refractivity contribution in [1.29, 1.82) is 0 Å². The van der Waals surface area contributed by atoms with Crippen LogP contribution in [0, 0.1) is 0 Å². The van der Waals surface area contributed by atoms with Crippen LogP contribution in [0.2, 0.25) is 5.02 Å². The molecule has 0 saturated carbocycles. The first-order valence-corrected chi connectivity index (χ1v) is 12.0. The molecule has 1 atom stereocenters. The molecule has 0 saturated heterocycles. The Bertz CT molecular complexity index is 1320. The minimum atomic E-state index is -0.338. The molecular formula is C28H28ClN3O2. The molecular weight excluding hydrogens is 446 g/mol. The Morgan fingerprint density at radius 2 is 2.12 bits per heavy atom. The van der Waals surface area contributed by atoms with Crippen LogP contribution in [0.5, 0.6) is 0 Å². The zero-order valence-electron chi connectivity index (χ0n) is 19.2. The van der Waals surface area contributed by atoms with E-state index in [-0.39, 0.29) is 5.97 Å². The molecule has 5 rings (SSSR count). The number of fused-ring (bicyclic) bond motifs is 2. The third-order valence-electron chi connectivity index (χ3n) is 6.70. The number of carbonyl (C=O) groups is 1. The van der Waals surface area contributed by atoms with Gasteiger partial charge in [0.25, 0.3) is 0 Å². The van der Waals surface area contributed by atoms with Gasteiger partial charge in [0.05, 0.1) is 7.11 Å². The summed E-state index contributed by atoms with van der Waals surface area (Å²) in [7, 11) is 1.39. The van der Waals surface area contributed by atoms with Crippen LogP contribution in [-0.2, 0) is 28.9 Å². The number of hydrogen-bond donors (Lipinski definition) is 2. The number of nitrogens with zero attached hydrogens (tertiary/aromatic N) is 1. The van der Waals surface area contributed by atoms with Gasteiger partial charge in [-0.3, -0.25) is 4.90 Å². The predicted molar refractivity (Wildman–Crippen MR) is 137 cm³/mol. The Morgan fingerprint density at radius 3 is 2.94 bits per heavy atom. The molecule has 1 aliphatic carbocycles. The van der Waals surface area contributed by atoms with Gasteiger partial charge in [0.1, 0.15) is 0 Å². The molecule has 0 spiro atoms. The maximum atomic E-state index is 11.5. The number of hydrogen-bond acceptors (Lipinski definition) is 3. The van der Waals surface area contributed by atoms with E-state index in [1.165, 1.54) is 41.0 Å². The summed E-state index contributed by atoms with van der Waals surface area (Å²) < 4.78 is 4.71. The molecule has 1 aliphatic rings. The molecule has 5 nitrogen and oxygen atoms in total. The average Bonchev–Trinajstić information content (AvgIpc) is 3.59. The Hall–Kier alpha value is -3.28. The van der Waals surface area contributed by atoms with E-state index < -0.39 is 0 Å². The molecule has 0 amide bonds. The van der Waals surface area contributed by atoms with E-state index in [4.69, 9.17) is 16.3 Å². The van der Waals surface area contributed by atoms with Gasteiger partial charge in [-0.2, -0.15) is 0 Å². The van der Waals surface area contributed by atoms with Crippen LogP contribution in [0.4, 0.5) is 0 Å². The van der Waals surface area contributed by atoms with E-state index in [9.17, 15) is 4.79 Å². The van der Waals surface area contributed by atoms with Gasteiger partial charge in [0.15, 0.2) is 0 Å². The van der Waals surface area contributed by atoms with Gasteiger partial charge in [-0.05, 0) is 71.9 Å². The van der Waals surface area contributed by atoms with Crippen molar-refractivity contribution in [3.8, 4) is 0 Å². The first-order chi connectivity index (χ1) is 16.6. The number of nitrogens with one attached hydrogen (secondary N) is 2. The van der Waals surface area contributed by atoms with Gasteiger partial charge < -0.3 is 14.7 Å². The molecule has 0 bridgehead atoms. The summed E-state index contributed by atoms with van der Waals surface area (Å²) in [6, 6.07) is 17.1. The third kappa shape index (κ3) is 4.81. The summed E-state index contributed by atoms with van der Waals surface area (Å²) in [5, 5.41) is 1.98. The fourth-order valence-corrected chi connectivity index (χ4v) is 5.16. The van der Waals surface area contributed by atoms with Crippen LogP contribution in [0.25, 0.3) is 17.0 Å². The largest absolute Gasteiger partial charge is 0.466 e. The van der Waals surface area contributed by atoms with Gasteiger partial charge in [0, 0.05) is 59.2 Å². The van der Waals surface area contributed by atoms with Crippen molar-refractivity contribution >= 4 is 34.5 Å². The van der Waals surface area contributed by atoms with Crippen molar-refractivity contribution in [2.45, 2.75) is 31.8 Å². The second kappa shape index (κ2) is 9.92. The SMILES string of the molecule is COC(=O)C=Cc1ccc2c(c1)CCC2N(CCc1c[nH]c2cc(Cl)ccc12)Cc1ccc[nH]1. The molecule has 0 aliphatic heterocycles. The van der Waals surface area contributed by atoms with Crippen LogP contribution in [-0.4, -0.2) is 34.5 Å². The Morgan fingerprint density at radius 1 is 1.21 bits per heavy atom. The zero-order valence-corrected chi connectivity index (χ0v) is 19.9. The molecule has 4 aromatic rings. The third-order valence-corrected chi connectivity index (χ3v) is 6.94. The standard InChI is InChI=1S/C28H28ClN3O2/c1-34-28(33)11-5-19-4-8-25-20(15-19)6-10-27(25)32(18-23-3-2-13-30-23)14-12-21-17-31-26-16-22(29)7-9-24(21)26/h2-5,7-9,11,13,15-17,27,30-31H,6,10,12,14,18H2,1H3. The second-order valence-electron chi connectivity index (χ2n) is 8.79. The van der Waals surface area contributed by atoms with Crippen LogP contribution in [0.15, 0.2) is 67.0 Å². The van der Waals surface area contributed by atoms with Crippen molar-refractivity contribution in [3.63, 3.8) is 0 Å². The summed E-state index contributed by atoms with van der Waals surface area (Å²) >= 11 is 6.16. The number of ether oxygens (including phenoxy) is 1. The Labute approximate surface area is 204 Å². The fraction of sp³-hybridized carbons (Fsp3) is 0.250. The van der Waals surface area contributed by atoms with Gasteiger partial charge in [0.2, 0.25) is 0 Å². The number of aromatic nitrogens is 2. The minimum Gasteiger partial charge on any atom is -0.466 e. The van der Waals surface area contributed by atoms with Crippen molar-refractivity contribution in [2.24, 2.45) is 0 Å². The monoisotopic (exact) mass is 473 g/mol. The normalized spacial score (nSPS) is 15.4. The number of halogens is 1. The summed E-state index contributed by atoms with van der Waals surface area (Å²) in [5.74, 6) is -0.338. The number of benzene rings is 2. The highest BCUT2D eigenvalue weighted by Crippen LogP contribution is 2.37. The van der Waals surface area contributed by atoms with Gasteiger partial charge in [-0.1, -0.05) is 35.9 Å². The van der Waals surface area contributed by atoms with Crippen molar-refractivity contribution < 1.29 is 9.53 Å². The molecule has 2 aromatic heterocycles. The predicted octanol–water partition coefficient (Wildman–Crippen LogP) is 6.07. The number of carbonyl (C=O) groups excluding carboxylic acids is 1. The lowest BCUT2D eigenvalue weighted by molar-refractivity contribution is -0.134. The van der Waals surface area contributed by atoms with Crippen LogP contribution < -0.4 is 0 Å². The van der Waals surface area contributed by atoms with E-state index in [0.29, 0.717) is 6.04 Å². The van der Waals surface area contributed by atoms with Gasteiger partial charge >= 0.3 is 5.97 Å². The van der Waals surface area contributed by atoms with E-state index >= 15 is 0 Å². The highest BCUT2D eigenvalue weighted by molar-refractivity contribution is 6.31. The lowest BCUT2D eigenvalue weighted by Crippen LogP contribution is -2.29. The van der Waals surface area contributed by atoms with Crippen LogP contribution in [0.1, 0.15) is 40.4 Å². The molecule has 1 unspecified atom stereocenters. The van der Waals surface area contributed by atoms with E-state index in [1.807, 2.05) is 24.4 Å². The molecule has 174 valence electrons. The number of esters is 1. The maximum absolute atomic E-state index is 11.5. The van der Waals surface area contributed by atoms with E-state index in [1.54, 1.807) is 0 Å². The molecule has 0 radical (unpaired) electrons. The van der Waals surface area contributed by atoms with Gasteiger partial charge in [-0.25, -0.2) is 4.79 Å². The van der Waals surface area contributed by atoms with Crippen LogP contribution >= 0.6 is 11.6 Å². The van der Waals surface area contributed by atoms with Crippen molar-refractivity contribution in [3.05, 3.63) is 100.0 Å². The number of H-pyrrole nitrogens is 2. The maximum Gasteiger partial charge on any atom is 0.330 e. The smallest absolute Gasteiger partial charge is 0.330 e. The van der Waals surface area contributed by atoms with Crippen molar-refractivity contribution in [1.82, 2.24) is 14.9 Å². The summed E-state index contributed by atoms with van der Waals surface area (Å²) in [5.41, 5.74) is 7.37. The quantitative estimate of drug-likeness (QED) is 0.241. The summed E-state index contributed by atoms with van der Waals surface area (Å²) in [6.45, 7) is 1.82. The molecule has 0 fully saturated rings. The molecule has 2 N–H and O–H groups in total. The summed E-state index contributed by atoms with van der Waals surface area (Å²) in [6.07, 6.45) is 10.5. The van der Waals surface area contributed by atoms with Crippen molar-refractivity contribution in [2.75, 3.05) is 13.7 Å². The van der Waals surface area contributed by atoms with E-state index in [2.05, 4.69) is 57.5 Å². The molecule has 2 heterocycles. The average molecular weight is 474 g/mol.